The molecule has 0 aliphatic heterocycles. The van der Waals surface area contributed by atoms with Gasteiger partial charge in [-0.05, 0) is 54.4 Å². The molecule has 0 saturated carbocycles. The Morgan fingerprint density at radius 1 is 0.718 bits per heavy atom. The molecule has 4 rings (SSSR count). The number of benzene rings is 4. The van der Waals surface area contributed by atoms with Crippen molar-refractivity contribution in [3.63, 3.8) is 0 Å². The minimum Gasteiger partial charge on any atom is -0.385 e. The molecule has 0 aliphatic carbocycles. The van der Waals surface area contributed by atoms with Crippen LogP contribution in [0.4, 0.5) is 15.3 Å². The first-order chi connectivity index (χ1) is 18.9. The molecule has 0 heterocycles. The van der Waals surface area contributed by atoms with Gasteiger partial charge in [-0.15, -0.1) is 0 Å². The van der Waals surface area contributed by atoms with Gasteiger partial charge < -0.3 is 20.1 Å². The van der Waals surface area contributed by atoms with Gasteiger partial charge in [0.15, 0.2) is 0 Å². The number of hydrogen-bond donors (Lipinski definition) is 4. The van der Waals surface area contributed by atoms with Crippen LogP contribution >= 0.6 is 11.6 Å². The van der Waals surface area contributed by atoms with E-state index in [4.69, 9.17) is 15.8 Å². The third-order valence-electron chi connectivity index (χ3n) is 5.69. The van der Waals surface area contributed by atoms with E-state index in [0.29, 0.717) is 16.5 Å². The lowest BCUT2D eigenvalue weighted by atomic mass is 9.93. The van der Waals surface area contributed by atoms with Gasteiger partial charge in [0.1, 0.15) is 5.75 Å². The van der Waals surface area contributed by atoms with Gasteiger partial charge in [0.2, 0.25) is 0 Å². The van der Waals surface area contributed by atoms with Gasteiger partial charge in [0.25, 0.3) is 0 Å². The van der Waals surface area contributed by atoms with Crippen molar-refractivity contribution < 1.29 is 18.0 Å². The largest absolute Gasteiger partial charge is 0.385 e. The average Bonchev–Trinajstić information content (AvgIpc) is 2.94. The Kier molecular flexibility index (Phi) is 9.55. The van der Waals surface area contributed by atoms with Gasteiger partial charge in [-0.2, -0.15) is 4.21 Å². The lowest BCUT2D eigenvalue weighted by Crippen LogP contribution is -2.46. The second-order valence-electron chi connectivity index (χ2n) is 8.59. The number of anilines is 1. The van der Waals surface area contributed by atoms with Gasteiger partial charge in [0, 0.05) is 10.7 Å². The number of nitrogens with one attached hydrogen (secondary N) is 4. The highest BCUT2D eigenvalue weighted by molar-refractivity contribution is 7.79. The minimum atomic E-state index is -2.15. The van der Waals surface area contributed by atoms with E-state index in [0.717, 1.165) is 16.7 Å². The van der Waals surface area contributed by atoms with Gasteiger partial charge in [-0.25, -0.2) is 14.3 Å². The first-order valence-electron chi connectivity index (χ1n) is 12.0. The van der Waals surface area contributed by atoms with Crippen molar-refractivity contribution in [1.82, 2.24) is 15.4 Å². The number of amides is 4. The van der Waals surface area contributed by atoms with Crippen LogP contribution in [0, 0.1) is 6.92 Å². The van der Waals surface area contributed by atoms with E-state index >= 15 is 0 Å². The number of carbonyl (C=O) groups excluding carboxylic acids is 2. The molecule has 10 heteroatoms. The molecular formula is C29H27ClN4O4S. The van der Waals surface area contributed by atoms with Crippen molar-refractivity contribution in [2.75, 3.05) is 5.32 Å². The zero-order valence-electron chi connectivity index (χ0n) is 21.0. The van der Waals surface area contributed by atoms with E-state index < -0.39 is 35.4 Å². The second-order valence-corrected chi connectivity index (χ2v) is 9.87. The smallest absolute Gasteiger partial charge is 0.329 e. The van der Waals surface area contributed by atoms with Crippen LogP contribution in [0.15, 0.2) is 109 Å². The summed E-state index contributed by atoms with van der Waals surface area (Å²) in [5.41, 5.74) is 3.03. The third kappa shape index (κ3) is 8.33. The molecule has 0 saturated heterocycles. The predicted molar refractivity (Wildman–Crippen MR) is 154 cm³/mol. The van der Waals surface area contributed by atoms with Crippen LogP contribution in [0.3, 0.4) is 0 Å². The van der Waals surface area contributed by atoms with Crippen LogP contribution in [0.25, 0.3) is 0 Å². The Bertz CT molecular complexity index is 1410. The van der Waals surface area contributed by atoms with Crippen LogP contribution in [-0.2, 0) is 11.3 Å². The molecule has 0 aliphatic rings. The summed E-state index contributed by atoms with van der Waals surface area (Å²) in [5.74, 6) is 0.349. The Morgan fingerprint density at radius 2 is 1.23 bits per heavy atom. The fourth-order valence-corrected chi connectivity index (χ4v) is 4.49. The van der Waals surface area contributed by atoms with Crippen molar-refractivity contribution in [3.05, 3.63) is 131 Å². The average molecular weight is 563 g/mol. The Labute approximate surface area is 234 Å². The van der Waals surface area contributed by atoms with Crippen molar-refractivity contribution >= 4 is 40.6 Å². The summed E-state index contributed by atoms with van der Waals surface area (Å²) >= 11 is 3.80. The van der Waals surface area contributed by atoms with Crippen LogP contribution in [0.5, 0.6) is 5.75 Å². The number of halogens is 1. The Hall–Kier alpha value is -4.34. The summed E-state index contributed by atoms with van der Waals surface area (Å²) in [6, 6.07) is 29.4. The molecule has 3 unspecified atom stereocenters. The molecular weight excluding hydrogens is 536 g/mol. The van der Waals surface area contributed by atoms with E-state index in [9.17, 15) is 13.8 Å². The molecule has 8 nitrogen and oxygen atoms in total. The fourth-order valence-electron chi connectivity index (χ4n) is 3.83. The highest BCUT2D eigenvalue weighted by Gasteiger charge is 2.29. The Morgan fingerprint density at radius 3 is 1.77 bits per heavy atom. The SMILES string of the molecule is Cc1ccc(OS(=O)NC(=O)NC(c2ccccc2)C(NC(=O)Nc2ccc(Cl)cc2)c2ccccc2)cc1. The van der Waals surface area contributed by atoms with Crippen molar-refractivity contribution in [3.8, 4) is 5.75 Å². The molecule has 0 radical (unpaired) electrons. The van der Waals surface area contributed by atoms with Gasteiger partial charge >= 0.3 is 23.3 Å². The first-order valence-corrected chi connectivity index (χ1v) is 13.5. The maximum Gasteiger partial charge on any atom is 0.329 e. The molecule has 4 N–H and O–H groups in total. The van der Waals surface area contributed by atoms with Crippen molar-refractivity contribution in [2.45, 2.75) is 19.0 Å². The minimum absolute atomic E-state index is 0.349. The molecule has 4 aromatic carbocycles. The van der Waals surface area contributed by atoms with Gasteiger partial charge in [-0.1, -0.05) is 90.0 Å². The van der Waals surface area contributed by atoms with Crippen LogP contribution < -0.4 is 24.9 Å². The molecule has 0 fully saturated rings. The molecule has 4 aromatic rings. The van der Waals surface area contributed by atoms with E-state index in [-0.39, 0.29) is 0 Å². The fraction of sp³-hybridized carbons (Fsp3) is 0.103. The standard InChI is InChI=1S/C29H27ClN4O4S/c1-20-12-18-25(19-13-20)38-39(37)34-29(36)33-27(22-10-6-3-7-11-22)26(21-8-4-2-5-9-21)32-28(35)31-24-16-14-23(30)15-17-24/h2-19,26-27H,1H3,(H2,31,32,35)(H2,33,34,36). The summed E-state index contributed by atoms with van der Waals surface area (Å²) in [6.45, 7) is 1.92. The second kappa shape index (κ2) is 13.5. The summed E-state index contributed by atoms with van der Waals surface area (Å²) in [4.78, 5) is 26.0. The van der Waals surface area contributed by atoms with Crippen LogP contribution in [0.2, 0.25) is 5.02 Å². The van der Waals surface area contributed by atoms with E-state index in [1.807, 2.05) is 79.7 Å². The Balaban J connectivity index is 1.55. The number of hydrogen-bond acceptors (Lipinski definition) is 4. The van der Waals surface area contributed by atoms with E-state index in [1.54, 1.807) is 36.4 Å². The summed E-state index contributed by atoms with van der Waals surface area (Å²) < 4.78 is 20.1. The van der Waals surface area contributed by atoms with E-state index in [1.165, 1.54) is 0 Å². The monoisotopic (exact) mass is 562 g/mol. The number of aryl methyl sites for hydroxylation is 1. The van der Waals surface area contributed by atoms with Gasteiger partial charge in [0.05, 0.1) is 12.1 Å². The number of urea groups is 2. The summed E-state index contributed by atoms with van der Waals surface area (Å²) in [7, 11) is 0. The molecule has 3 atom stereocenters. The highest BCUT2D eigenvalue weighted by atomic mass is 35.5. The van der Waals surface area contributed by atoms with Crippen LogP contribution in [-0.4, -0.2) is 16.3 Å². The topological polar surface area (TPSA) is 109 Å². The number of rotatable bonds is 9. The number of carbonyl (C=O) groups is 2. The lowest BCUT2D eigenvalue weighted by Gasteiger charge is -2.30. The molecule has 0 bridgehead atoms. The van der Waals surface area contributed by atoms with Crippen molar-refractivity contribution in [2.24, 2.45) is 0 Å². The lowest BCUT2D eigenvalue weighted by molar-refractivity contribution is 0.232. The highest BCUT2D eigenvalue weighted by Crippen LogP contribution is 2.29. The molecule has 200 valence electrons. The molecule has 0 spiro atoms. The summed E-state index contributed by atoms with van der Waals surface area (Å²) in [6.07, 6.45) is 0. The van der Waals surface area contributed by atoms with Gasteiger partial charge in [-0.3, -0.25) is 0 Å². The predicted octanol–water partition coefficient (Wildman–Crippen LogP) is 6.21. The molecule has 4 amide bonds. The molecule has 39 heavy (non-hydrogen) atoms. The maximum absolute atomic E-state index is 13.1. The maximum atomic E-state index is 13.1. The zero-order chi connectivity index (χ0) is 27.6. The van der Waals surface area contributed by atoms with Crippen molar-refractivity contribution in [1.29, 1.82) is 0 Å². The summed E-state index contributed by atoms with van der Waals surface area (Å²) in [5, 5.41) is 9.15. The van der Waals surface area contributed by atoms with Crippen LogP contribution in [0.1, 0.15) is 28.8 Å². The quantitative estimate of drug-likeness (QED) is 0.194. The normalized spacial score (nSPS) is 12.9. The third-order valence-corrected chi connectivity index (χ3v) is 6.64. The zero-order valence-corrected chi connectivity index (χ0v) is 22.5. The first kappa shape index (κ1) is 27.7. The molecule has 0 aromatic heterocycles. The van der Waals surface area contributed by atoms with E-state index in [2.05, 4.69) is 20.7 Å².